The number of phenols is 1. The SMILES string of the molecule is CCC(=O)OC1C2C(=C(O)c3c(O)ccc(NC(=O)C4CCCC4)c3C2C)C(=O)C2(O)C(O)=C(C(N)=O)C(=O)C(N(C)C)C12. The van der Waals surface area contributed by atoms with E-state index in [1.807, 2.05) is 0 Å². The summed E-state index contributed by atoms with van der Waals surface area (Å²) >= 11 is 0. The predicted molar refractivity (Wildman–Crippen MR) is 155 cm³/mol. The lowest BCUT2D eigenvalue weighted by Crippen LogP contribution is -2.71. The van der Waals surface area contributed by atoms with Gasteiger partial charge in [-0.15, -0.1) is 0 Å². The fourth-order valence-corrected chi connectivity index (χ4v) is 7.58. The summed E-state index contributed by atoms with van der Waals surface area (Å²) in [6.07, 6.45) is 1.62. The predicted octanol–water partition coefficient (Wildman–Crippen LogP) is 1.59. The minimum absolute atomic E-state index is 0.128. The van der Waals surface area contributed by atoms with E-state index in [-0.39, 0.29) is 35.1 Å². The minimum Gasteiger partial charge on any atom is -0.508 e. The number of nitrogens with two attached hydrogens (primary N) is 1. The topological polar surface area (TPSA) is 217 Å². The molecular formula is C31H37N3O10. The molecule has 0 aliphatic heterocycles. The molecule has 0 radical (unpaired) electrons. The lowest BCUT2D eigenvalue weighted by atomic mass is 9.54. The number of amides is 2. The third-order valence-electron chi connectivity index (χ3n) is 9.62. The molecule has 236 valence electrons. The highest BCUT2D eigenvalue weighted by Gasteiger charge is 2.69. The van der Waals surface area contributed by atoms with E-state index in [4.69, 9.17) is 10.5 Å². The number of ether oxygens (including phenoxy) is 1. The Bertz CT molecular complexity index is 1540. The van der Waals surface area contributed by atoms with Crippen LogP contribution in [-0.2, 0) is 28.7 Å². The number of benzene rings is 1. The Morgan fingerprint density at radius 3 is 2.32 bits per heavy atom. The van der Waals surface area contributed by atoms with Crippen LogP contribution < -0.4 is 11.1 Å². The van der Waals surface area contributed by atoms with E-state index in [1.165, 1.54) is 38.1 Å². The number of aromatic hydroxyl groups is 1. The molecule has 44 heavy (non-hydrogen) atoms. The van der Waals surface area contributed by atoms with Crippen LogP contribution in [0.3, 0.4) is 0 Å². The fourth-order valence-electron chi connectivity index (χ4n) is 7.58. The molecule has 6 atom stereocenters. The van der Waals surface area contributed by atoms with Crippen molar-refractivity contribution >= 4 is 40.8 Å². The molecule has 7 N–H and O–H groups in total. The number of hydrogen-bond donors (Lipinski definition) is 6. The number of rotatable bonds is 6. The standard InChI is InChI=1S/C31H37N3O10/c1-5-16(36)44-26-18-12(2)17-14(33-30(42)13-8-6-7-9-13)10-11-15(35)19(17)24(37)20(18)27(39)31(43)22(26)23(34(3)4)25(38)21(28(31)40)29(32)41/h10-13,18,22-23,26,35,37,40,43H,5-9H2,1-4H3,(H2,32,41)(H,33,42). The summed E-state index contributed by atoms with van der Waals surface area (Å²) in [5.41, 5.74) is 1.27. The molecule has 0 saturated heterocycles. The number of ketones is 2. The van der Waals surface area contributed by atoms with Crippen molar-refractivity contribution in [2.45, 2.75) is 69.6 Å². The molecule has 0 heterocycles. The minimum atomic E-state index is -3.02. The summed E-state index contributed by atoms with van der Waals surface area (Å²) in [6, 6.07) is 1.25. The van der Waals surface area contributed by atoms with Gasteiger partial charge < -0.3 is 36.2 Å². The van der Waals surface area contributed by atoms with Crippen molar-refractivity contribution in [2.75, 3.05) is 19.4 Å². The number of fused-ring (bicyclic) bond motifs is 3. The molecule has 4 aliphatic rings. The van der Waals surface area contributed by atoms with E-state index in [9.17, 15) is 44.4 Å². The average Bonchev–Trinajstić information content (AvgIpc) is 3.50. The van der Waals surface area contributed by atoms with Crippen LogP contribution in [0.5, 0.6) is 5.75 Å². The second-order valence-corrected chi connectivity index (χ2v) is 12.3. The van der Waals surface area contributed by atoms with Crippen LogP contribution in [0.25, 0.3) is 5.76 Å². The Kier molecular flexibility index (Phi) is 7.83. The Morgan fingerprint density at radius 2 is 1.75 bits per heavy atom. The Labute approximate surface area is 253 Å². The lowest BCUT2D eigenvalue weighted by Gasteiger charge is -2.54. The van der Waals surface area contributed by atoms with Gasteiger partial charge in [0.1, 0.15) is 28.9 Å². The Balaban J connectivity index is 1.79. The van der Waals surface area contributed by atoms with E-state index in [2.05, 4.69) is 5.32 Å². The summed E-state index contributed by atoms with van der Waals surface area (Å²) in [5.74, 6) is -11.0. The third kappa shape index (κ3) is 4.40. The number of nitrogens with one attached hydrogen (secondary N) is 1. The molecular weight excluding hydrogens is 574 g/mol. The highest BCUT2D eigenvalue weighted by Crippen LogP contribution is 2.58. The van der Waals surface area contributed by atoms with Gasteiger partial charge in [0, 0.05) is 29.5 Å². The molecule has 2 amide bonds. The van der Waals surface area contributed by atoms with Crippen LogP contribution >= 0.6 is 0 Å². The second-order valence-electron chi connectivity index (χ2n) is 12.3. The van der Waals surface area contributed by atoms with Crippen molar-refractivity contribution in [1.29, 1.82) is 0 Å². The maximum absolute atomic E-state index is 14.3. The number of hydrogen-bond acceptors (Lipinski definition) is 11. The van der Waals surface area contributed by atoms with Crippen molar-refractivity contribution in [3.05, 3.63) is 40.2 Å². The second kappa shape index (κ2) is 11.0. The van der Waals surface area contributed by atoms with Crippen LogP contribution in [0, 0.1) is 17.8 Å². The van der Waals surface area contributed by atoms with Gasteiger partial charge in [0.05, 0.1) is 17.5 Å². The first-order valence-electron chi connectivity index (χ1n) is 14.7. The van der Waals surface area contributed by atoms with E-state index in [0.29, 0.717) is 12.8 Å². The number of Topliss-reactive ketones (excluding diaryl/α,β-unsaturated/α-hetero) is 2. The van der Waals surface area contributed by atoms with Gasteiger partial charge in [-0.2, -0.15) is 0 Å². The van der Waals surface area contributed by atoms with Crippen molar-refractivity contribution in [2.24, 2.45) is 23.5 Å². The third-order valence-corrected chi connectivity index (χ3v) is 9.62. The highest BCUT2D eigenvalue weighted by atomic mass is 16.5. The molecule has 13 heteroatoms. The van der Waals surface area contributed by atoms with Crippen LogP contribution in [0.4, 0.5) is 5.69 Å². The number of carbonyl (C=O) groups is 5. The number of primary amides is 1. The molecule has 5 rings (SSSR count). The van der Waals surface area contributed by atoms with Crippen molar-refractivity contribution in [3.8, 4) is 5.75 Å². The van der Waals surface area contributed by atoms with Gasteiger partial charge in [-0.3, -0.25) is 28.9 Å². The molecule has 1 aromatic rings. The summed E-state index contributed by atoms with van der Waals surface area (Å²) in [6.45, 7) is 3.16. The zero-order valence-electron chi connectivity index (χ0n) is 24.9. The van der Waals surface area contributed by atoms with Crippen molar-refractivity contribution < 1.29 is 49.1 Å². The summed E-state index contributed by atoms with van der Waals surface area (Å²) in [4.78, 5) is 67.6. The summed E-state index contributed by atoms with van der Waals surface area (Å²) in [7, 11) is 2.90. The van der Waals surface area contributed by atoms with Crippen LogP contribution in [0.1, 0.15) is 63.0 Å². The number of anilines is 1. The zero-order valence-corrected chi connectivity index (χ0v) is 24.9. The van der Waals surface area contributed by atoms with E-state index in [0.717, 1.165) is 12.8 Å². The number of nitrogens with zero attached hydrogens (tertiary/aromatic N) is 1. The highest BCUT2D eigenvalue weighted by molar-refractivity contribution is 6.24. The smallest absolute Gasteiger partial charge is 0.305 e. The summed E-state index contributed by atoms with van der Waals surface area (Å²) in [5, 5.41) is 48.8. The number of carbonyl (C=O) groups excluding carboxylic acids is 5. The van der Waals surface area contributed by atoms with Crippen LogP contribution in [-0.4, -0.2) is 86.5 Å². The van der Waals surface area contributed by atoms with Gasteiger partial charge in [-0.05, 0) is 50.6 Å². The number of phenolic OH excluding ortho intramolecular Hbond substituents is 1. The molecule has 6 unspecified atom stereocenters. The largest absolute Gasteiger partial charge is 0.508 e. The molecule has 0 aromatic heterocycles. The van der Waals surface area contributed by atoms with E-state index in [1.54, 1.807) is 6.92 Å². The first-order valence-corrected chi connectivity index (χ1v) is 14.7. The first kappa shape index (κ1) is 31.2. The van der Waals surface area contributed by atoms with Gasteiger partial charge in [0.2, 0.25) is 11.7 Å². The normalized spacial score (nSPS) is 30.2. The van der Waals surface area contributed by atoms with Crippen LogP contribution in [0.2, 0.25) is 0 Å². The number of esters is 1. The van der Waals surface area contributed by atoms with Gasteiger partial charge >= 0.3 is 5.97 Å². The monoisotopic (exact) mass is 611 g/mol. The molecule has 1 aromatic carbocycles. The maximum Gasteiger partial charge on any atom is 0.305 e. The van der Waals surface area contributed by atoms with Gasteiger partial charge in [-0.1, -0.05) is 26.7 Å². The molecule has 4 aliphatic carbocycles. The molecule has 0 spiro atoms. The average molecular weight is 612 g/mol. The molecule has 0 bridgehead atoms. The maximum atomic E-state index is 14.3. The van der Waals surface area contributed by atoms with E-state index < -0.39 is 87.4 Å². The van der Waals surface area contributed by atoms with Gasteiger partial charge in [0.25, 0.3) is 5.91 Å². The number of aliphatic hydroxyl groups is 3. The van der Waals surface area contributed by atoms with Gasteiger partial charge in [0.15, 0.2) is 11.4 Å². The molecule has 2 saturated carbocycles. The molecule has 2 fully saturated rings. The lowest BCUT2D eigenvalue weighted by molar-refractivity contribution is -0.185. The Morgan fingerprint density at radius 1 is 1.11 bits per heavy atom. The summed E-state index contributed by atoms with van der Waals surface area (Å²) < 4.78 is 5.86. The first-order chi connectivity index (χ1) is 20.7. The van der Waals surface area contributed by atoms with E-state index >= 15 is 0 Å². The Hall–Kier alpha value is -4.23. The van der Waals surface area contributed by atoms with Crippen molar-refractivity contribution in [3.63, 3.8) is 0 Å². The van der Waals surface area contributed by atoms with Crippen molar-refractivity contribution in [1.82, 2.24) is 4.90 Å². The van der Waals surface area contributed by atoms with Crippen LogP contribution in [0.15, 0.2) is 29.0 Å². The number of aliphatic hydroxyl groups excluding tert-OH is 2. The molecule has 13 nitrogen and oxygen atoms in total. The zero-order chi connectivity index (χ0) is 32.4. The van der Waals surface area contributed by atoms with Gasteiger partial charge in [-0.25, -0.2) is 0 Å². The number of likely N-dealkylation sites (N-methyl/N-ethyl adjacent to an activating group) is 1. The quantitative estimate of drug-likeness (QED) is 0.154. The fraction of sp³-hybridized carbons (Fsp3) is 0.516.